The van der Waals surface area contributed by atoms with Gasteiger partial charge in [0.15, 0.2) is 0 Å². The van der Waals surface area contributed by atoms with E-state index in [4.69, 9.17) is 5.11 Å². The van der Waals surface area contributed by atoms with Crippen LogP contribution in [0, 0.1) is 22.9 Å². The van der Waals surface area contributed by atoms with Crippen molar-refractivity contribution in [1.29, 1.82) is 0 Å². The third-order valence-corrected chi connectivity index (χ3v) is 7.99. The molecule has 1 aliphatic rings. The van der Waals surface area contributed by atoms with Crippen molar-refractivity contribution in [1.82, 2.24) is 5.01 Å². The number of benzene rings is 1. The van der Waals surface area contributed by atoms with Crippen LogP contribution in [-0.4, -0.2) is 34.2 Å². The van der Waals surface area contributed by atoms with E-state index in [2.05, 4.69) is 91.5 Å². The predicted octanol–water partition coefficient (Wildman–Crippen LogP) is 9.31. The fourth-order valence-electron chi connectivity index (χ4n) is 4.18. The van der Waals surface area contributed by atoms with Gasteiger partial charge in [-0.15, -0.1) is 16.2 Å². The van der Waals surface area contributed by atoms with Crippen LogP contribution in [0.1, 0.15) is 94.2 Å². The minimum Gasteiger partial charge on any atom is -0.278 e. The van der Waals surface area contributed by atoms with Gasteiger partial charge in [-0.2, -0.15) is 0 Å². The van der Waals surface area contributed by atoms with Gasteiger partial charge in [-0.05, 0) is 49.8 Å². The Morgan fingerprint density at radius 2 is 1.22 bits per heavy atom. The molecule has 198 valence electrons. The van der Waals surface area contributed by atoms with Crippen molar-refractivity contribution in [3.63, 3.8) is 0 Å². The van der Waals surface area contributed by atoms with Gasteiger partial charge in [0.1, 0.15) is 21.8 Å². The maximum atomic E-state index is 4.79. The summed E-state index contributed by atoms with van der Waals surface area (Å²) in [6.45, 7) is 18.0. The third-order valence-electron chi connectivity index (χ3n) is 6.24. The van der Waals surface area contributed by atoms with Crippen LogP contribution in [0.4, 0.5) is 5.69 Å². The summed E-state index contributed by atoms with van der Waals surface area (Å²) < 4.78 is 0. The van der Waals surface area contributed by atoms with Crippen molar-refractivity contribution in [3.05, 3.63) is 28.8 Å². The number of hydrogen-bond acceptors (Lipinski definition) is 2. The Morgan fingerprint density at radius 3 is 1.72 bits per heavy atom. The Balaban J connectivity index is 2.32. The van der Waals surface area contributed by atoms with Crippen LogP contribution in [-0.2, 0) is 6.42 Å². The zero-order valence-electron chi connectivity index (χ0n) is 24.4. The van der Waals surface area contributed by atoms with Crippen LogP contribution >= 0.6 is 0 Å². The highest BCUT2D eigenvalue weighted by Crippen LogP contribution is 2.28. The quantitative estimate of drug-likeness (QED) is 0.123. The highest BCUT2D eigenvalue weighted by Gasteiger charge is 2.14. The lowest BCUT2D eigenvalue weighted by Gasteiger charge is -2.22. The molecule has 0 saturated carbocycles. The molecule has 0 spiro atoms. The number of unbranched alkanes of at least 4 members (excludes halogenated alkanes) is 7. The molecule has 5 heteroatoms. The van der Waals surface area contributed by atoms with Crippen molar-refractivity contribution in [3.8, 4) is 22.9 Å². The zero-order valence-corrected chi connectivity index (χ0v) is 26.4. The predicted molar refractivity (Wildman–Crippen MR) is 163 cm³/mol. The number of hydrogen-bond donors (Lipinski definition) is 0. The summed E-state index contributed by atoms with van der Waals surface area (Å²) in [6.07, 6.45) is 15.5. The molecule has 1 aromatic rings. The van der Waals surface area contributed by atoms with Crippen molar-refractivity contribution in [2.75, 3.05) is 13.1 Å². The first kappa shape index (κ1) is 30.4. The molecular formula is C31H51N3Si2. The second-order valence-corrected chi connectivity index (χ2v) is 22.0. The summed E-state index contributed by atoms with van der Waals surface area (Å²) >= 11 is 0. The Hall–Kier alpha value is -1.83. The normalized spacial score (nSPS) is 14.4. The van der Waals surface area contributed by atoms with E-state index in [-0.39, 0.29) is 0 Å². The molecule has 0 unspecified atom stereocenters. The fourth-order valence-corrected chi connectivity index (χ4v) is 5.20. The second-order valence-electron chi connectivity index (χ2n) is 12.5. The Bertz CT molecular complexity index is 903. The summed E-state index contributed by atoms with van der Waals surface area (Å²) in [7, 11) is -3.05. The lowest BCUT2D eigenvalue weighted by Crippen LogP contribution is -2.23. The summed E-state index contributed by atoms with van der Waals surface area (Å²) in [6, 6.07) is 4.55. The Labute approximate surface area is 224 Å². The highest BCUT2D eigenvalue weighted by atomic mass is 28.3. The van der Waals surface area contributed by atoms with Gasteiger partial charge >= 0.3 is 0 Å². The topological polar surface area (TPSA) is 28.0 Å². The maximum absolute atomic E-state index is 4.79. The van der Waals surface area contributed by atoms with Gasteiger partial charge in [-0.3, -0.25) is 5.01 Å². The first-order chi connectivity index (χ1) is 17.1. The number of piperidine rings is 1. The van der Waals surface area contributed by atoms with Gasteiger partial charge < -0.3 is 0 Å². The molecule has 0 N–H and O–H groups in total. The van der Waals surface area contributed by atoms with Crippen molar-refractivity contribution >= 4 is 21.8 Å². The van der Waals surface area contributed by atoms with E-state index in [0.717, 1.165) is 36.3 Å². The number of rotatable bonds is 11. The zero-order chi connectivity index (χ0) is 26.4. The molecule has 1 fully saturated rings. The van der Waals surface area contributed by atoms with Crippen molar-refractivity contribution < 1.29 is 0 Å². The number of nitrogens with zero attached hydrogens (tertiary/aromatic N) is 3. The summed E-state index contributed by atoms with van der Waals surface area (Å²) in [4.78, 5) is 0. The third kappa shape index (κ3) is 12.9. The first-order valence-electron chi connectivity index (χ1n) is 14.5. The lowest BCUT2D eigenvalue weighted by atomic mass is 9.98. The smallest absolute Gasteiger partial charge is 0.129 e. The maximum Gasteiger partial charge on any atom is 0.129 e. The van der Waals surface area contributed by atoms with Crippen molar-refractivity contribution in [2.45, 2.75) is 123 Å². The van der Waals surface area contributed by atoms with Crippen LogP contribution in [0.2, 0.25) is 39.3 Å². The van der Waals surface area contributed by atoms with Crippen molar-refractivity contribution in [2.24, 2.45) is 10.3 Å². The van der Waals surface area contributed by atoms with Gasteiger partial charge in [0.25, 0.3) is 0 Å². The second kappa shape index (κ2) is 15.4. The van der Waals surface area contributed by atoms with Gasteiger partial charge in [0.2, 0.25) is 0 Å². The lowest BCUT2D eigenvalue weighted by molar-refractivity contribution is 0.224. The van der Waals surface area contributed by atoms with Crippen LogP contribution < -0.4 is 0 Å². The largest absolute Gasteiger partial charge is 0.278 e. The Kier molecular flexibility index (Phi) is 13.0. The molecule has 0 bridgehead atoms. The van der Waals surface area contributed by atoms with E-state index >= 15 is 0 Å². The van der Waals surface area contributed by atoms with E-state index in [1.807, 2.05) is 0 Å². The molecule has 2 rings (SSSR count). The molecule has 36 heavy (non-hydrogen) atoms. The molecule has 1 heterocycles. The van der Waals surface area contributed by atoms with Gasteiger partial charge in [0, 0.05) is 13.1 Å². The van der Waals surface area contributed by atoms with Gasteiger partial charge in [-0.25, -0.2) is 0 Å². The number of aryl methyl sites for hydroxylation is 1. The average Bonchev–Trinajstić information content (AvgIpc) is 2.82. The molecule has 1 aromatic carbocycles. The molecule has 0 atom stereocenters. The van der Waals surface area contributed by atoms with Crippen LogP contribution in [0.25, 0.3) is 0 Å². The fraction of sp³-hybridized carbons (Fsp3) is 0.677. The van der Waals surface area contributed by atoms with Gasteiger partial charge in [-0.1, -0.05) is 108 Å². The van der Waals surface area contributed by atoms with Gasteiger partial charge in [0.05, 0.1) is 11.1 Å². The van der Waals surface area contributed by atoms with Crippen LogP contribution in [0.15, 0.2) is 22.5 Å². The monoisotopic (exact) mass is 521 g/mol. The molecule has 0 aliphatic carbocycles. The molecule has 0 radical (unpaired) electrons. The molecule has 1 saturated heterocycles. The standard InChI is InChI=1S/C31H51N3Si2/c1-8-9-10-11-12-13-14-16-19-28-26-29(20-24-35(2,3)4)31(30(27-28)21-25-36(5,6)7)32-33-34-22-17-15-18-23-34/h26-27H,8-19,22-23H2,1-7H3. The van der Waals surface area contributed by atoms with E-state index in [1.54, 1.807) is 0 Å². The molecule has 0 amide bonds. The molecular weight excluding hydrogens is 471 g/mol. The Morgan fingerprint density at radius 1 is 0.722 bits per heavy atom. The van der Waals surface area contributed by atoms with E-state index in [0.29, 0.717) is 0 Å². The van der Waals surface area contributed by atoms with Crippen LogP contribution in [0.3, 0.4) is 0 Å². The van der Waals surface area contributed by atoms with Crippen LogP contribution in [0.5, 0.6) is 0 Å². The minimum atomic E-state index is -1.52. The van der Waals surface area contributed by atoms with E-state index in [1.165, 1.54) is 76.2 Å². The summed E-state index contributed by atoms with van der Waals surface area (Å²) in [5.74, 6) is 7.06. The molecule has 3 nitrogen and oxygen atoms in total. The SMILES string of the molecule is CCCCCCCCCCc1cc(C#C[Si](C)(C)C)c(N=NN2CCCCC2)c(C#C[Si](C)(C)C)c1. The molecule has 1 aliphatic heterocycles. The summed E-state index contributed by atoms with van der Waals surface area (Å²) in [5.41, 5.74) is 11.4. The van der Waals surface area contributed by atoms with E-state index < -0.39 is 16.1 Å². The first-order valence-corrected chi connectivity index (χ1v) is 21.5. The average molecular weight is 522 g/mol. The highest BCUT2D eigenvalue weighted by molar-refractivity contribution is 6.84. The van der Waals surface area contributed by atoms with E-state index in [9.17, 15) is 0 Å². The summed E-state index contributed by atoms with van der Waals surface area (Å²) in [5, 5.41) is 11.6. The minimum absolute atomic E-state index is 0.872. The molecule has 0 aromatic heterocycles.